The number of rotatable bonds is 6. The predicted octanol–water partition coefficient (Wildman–Crippen LogP) is 2.32. The lowest BCUT2D eigenvalue weighted by Crippen LogP contribution is -2.42. The Morgan fingerprint density at radius 2 is 2.28 bits per heavy atom. The minimum Gasteiger partial charge on any atom is -0.371 e. The molecule has 29 heavy (non-hydrogen) atoms. The van der Waals surface area contributed by atoms with Crippen molar-refractivity contribution in [2.24, 2.45) is 17.6 Å². The van der Waals surface area contributed by atoms with E-state index in [0.717, 1.165) is 37.4 Å². The summed E-state index contributed by atoms with van der Waals surface area (Å²) in [5, 5.41) is 16.6. The van der Waals surface area contributed by atoms with Crippen LogP contribution in [0.25, 0.3) is 0 Å². The first-order valence-electron chi connectivity index (χ1n) is 9.61. The van der Waals surface area contributed by atoms with Gasteiger partial charge in [0.1, 0.15) is 4.87 Å². The van der Waals surface area contributed by atoms with Crippen LogP contribution >= 0.6 is 23.4 Å². The summed E-state index contributed by atoms with van der Waals surface area (Å²) in [6.45, 7) is 6.78. The molecule has 8 nitrogen and oxygen atoms in total. The van der Waals surface area contributed by atoms with E-state index in [9.17, 15) is 4.79 Å². The van der Waals surface area contributed by atoms with Crippen molar-refractivity contribution in [2.45, 2.75) is 31.7 Å². The van der Waals surface area contributed by atoms with Gasteiger partial charge < -0.3 is 16.0 Å². The molecule has 2 atom stereocenters. The number of primary amides is 1. The molecule has 2 aliphatic rings. The number of nitrogens with zero attached hydrogens (tertiary/aromatic N) is 5. The number of carbonyl (C=O) groups excluding carboxylic acids is 1. The van der Waals surface area contributed by atoms with Gasteiger partial charge in [-0.3, -0.25) is 9.48 Å². The number of aromatic nitrogens is 4. The zero-order valence-electron chi connectivity index (χ0n) is 16.4. The lowest BCUT2D eigenvalue weighted by Gasteiger charge is -2.34. The standard InChI is InChI=1S/C19H24ClN7OS/c1-12(2)9-27-11-14(7-23-27)19(22-8-15(29-19)18(21)28)13-5-6-26(10-13)17-4-3-16(20)24-25-17/h3-4,7-8,11-13,22H,5-6,9-10H2,1-2H3,(H2,21,28). The van der Waals surface area contributed by atoms with Crippen molar-refractivity contribution < 1.29 is 4.79 Å². The van der Waals surface area contributed by atoms with Gasteiger partial charge in [-0.1, -0.05) is 37.2 Å². The minimum absolute atomic E-state index is 0.217. The Kier molecular flexibility index (Phi) is 5.44. The van der Waals surface area contributed by atoms with E-state index in [1.165, 1.54) is 11.8 Å². The van der Waals surface area contributed by atoms with Gasteiger partial charge >= 0.3 is 0 Å². The highest BCUT2D eigenvalue weighted by Crippen LogP contribution is 2.51. The zero-order chi connectivity index (χ0) is 20.6. The molecule has 0 spiro atoms. The van der Waals surface area contributed by atoms with Crippen molar-refractivity contribution in [3.8, 4) is 0 Å². The highest BCUT2D eigenvalue weighted by molar-refractivity contribution is 8.05. The van der Waals surface area contributed by atoms with E-state index in [-0.39, 0.29) is 5.92 Å². The van der Waals surface area contributed by atoms with E-state index in [1.807, 2.05) is 16.9 Å². The molecule has 2 unspecified atom stereocenters. The molecule has 2 aliphatic heterocycles. The van der Waals surface area contributed by atoms with Crippen molar-refractivity contribution in [3.05, 3.63) is 46.3 Å². The second kappa shape index (κ2) is 7.87. The van der Waals surface area contributed by atoms with Crippen LogP contribution in [0.15, 0.2) is 35.6 Å². The molecule has 2 aromatic heterocycles. The summed E-state index contributed by atoms with van der Waals surface area (Å²) >= 11 is 7.36. The van der Waals surface area contributed by atoms with Gasteiger partial charge in [0.15, 0.2) is 11.0 Å². The topological polar surface area (TPSA) is 102 Å². The molecule has 10 heteroatoms. The summed E-state index contributed by atoms with van der Waals surface area (Å²) in [5.74, 6) is 1.09. The molecule has 0 aromatic carbocycles. The van der Waals surface area contributed by atoms with Crippen LogP contribution in [-0.4, -0.2) is 39.0 Å². The van der Waals surface area contributed by atoms with Crippen LogP contribution in [0, 0.1) is 11.8 Å². The molecule has 4 heterocycles. The number of amides is 1. The van der Waals surface area contributed by atoms with Gasteiger partial charge in [-0.2, -0.15) is 5.10 Å². The van der Waals surface area contributed by atoms with E-state index < -0.39 is 10.8 Å². The maximum Gasteiger partial charge on any atom is 0.256 e. The number of nitrogens with two attached hydrogens (primary N) is 1. The van der Waals surface area contributed by atoms with E-state index in [2.05, 4.69) is 45.6 Å². The zero-order valence-corrected chi connectivity index (χ0v) is 18.0. The van der Waals surface area contributed by atoms with Crippen molar-refractivity contribution in [1.82, 2.24) is 25.3 Å². The van der Waals surface area contributed by atoms with E-state index >= 15 is 0 Å². The van der Waals surface area contributed by atoms with E-state index in [1.54, 1.807) is 12.3 Å². The lowest BCUT2D eigenvalue weighted by atomic mass is 9.93. The summed E-state index contributed by atoms with van der Waals surface area (Å²) < 4.78 is 1.96. The molecule has 4 rings (SSSR count). The molecule has 1 fully saturated rings. The third-order valence-electron chi connectivity index (χ3n) is 5.25. The Labute approximate surface area is 178 Å². The first-order chi connectivity index (χ1) is 13.9. The van der Waals surface area contributed by atoms with Gasteiger partial charge in [0.2, 0.25) is 0 Å². The number of anilines is 1. The fourth-order valence-electron chi connectivity index (χ4n) is 3.91. The Hall–Kier alpha value is -2.26. The molecule has 0 radical (unpaired) electrons. The van der Waals surface area contributed by atoms with Gasteiger partial charge in [0.05, 0.1) is 11.1 Å². The maximum atomic E-state index is 11.8. The molecule has 1 amide bonds. The van der Waals surface area contributed by atoms with Crippen LogP contribution in [0.1, 0.15) is 25.8 Å². The largest absolute Gasteiger partial charge is 0.371 e. The molecule has 0 aliphatic carbocycles. The number of carbonyl (C=O) groups is 1. The lowest BCUT2D eigenvalue weighted by molar-refractivity contribution is -0.113. The number of hydrogen-bond acceptors (Lipinski definition) is 7. The quantitative estimate of drug-likeness (QED) is 0.720. The SMILES string of the molecule is CC(C)Cn1cc(C2(C3CCN(c4ccc(Cl)nn4)C3)NC=C(C(N)=O)S2)cn1. The summed E-state index contributed by atoms with van der Waals surface area (Å²) in [7, 11) is 0. The fraction of sp³-hybridized carbons (Fsp3) is 0.474. The van der Waals surface area contributed by atoms with Crippen LogP contribution in [0.4, 0.5) is 5.82 Å². The molecule has 3 N–H and O–H groups in total. The van der Waals surface area contributed by atoms with Crippen LogP contribution in [-0.2, 0) is 16.2 Å². The normalized spacial score (nSPS) is 24.1. The average Bonchev–Trinajstić information content (AvgIpc) is 3.41. The van der Waals surface area contributed by atoms with E-state index in [0.29, 0.717) is 16.0 Å². The Balaban J connectivity index is 1.61. The molecule has 0 bridgehead atoms. The number of nitrogens with one attached hydrogen (secondary N) is 1. The van der Waals surface area contributed by atoms with Gasteiger partial charge in [0, 0.05) is 43.5 Å². The van der Waals surface area contributed by atoms with Crippen molar-refractivity contribution in [3.63, 3.8) is 0 Å². The van der Waals surface area contributed by atoms with Crippen LogP contribution in [0.2, 0.25) is 5.15 Å². The molecule has 1 saturated heterocycles. The third-order valence-corrected chi connectivity index (χ3v) is 7.00. The molecule has 2 aromatic rings. The summed E-state index contributed by atoms with van der Waals surface area (Å²) in [6.07, 6.45) is 6.63. The van der Waals surface area contributed by atoms with Crippen molar-refractivity contribution >= 4 is 35.1 Å². The minimum atomic E-state index is -0.492. The number of hydrogen-bond donors (Lipinski definition) is 2. The molecule has 0 saturated carbocycles. The monoisotopic (exact) mass is 433 g/mol. The fourth-order valence-corrected chi connectivity index (χ4v) is 5.28. The summed E-state index contributed by atoms with van der Waals surface area (Å²) in [4.78, 5) is 14.1. The van der Waals surface area contributed by atoms with Crippen LogP contribution < -0.4 is 16.0 Å². The second-order valence-corrected chi connectivity index (χ2v) is 9.52. The predicted molar refractivity (Wildman–Crippen MR) is 114 cm³/mol. The molecule has 154 valence electrons. The van der Waals surface area contributed by atoms with Gasteiger partial charge in [-0.05, 0) is 24.5 Å². The van der Waals surface area contributed by atoms with Crippen LogP contribution in [0.3, 0.4) is 0 Å². The number of halogens is 1. The Morgan fingerprint density at radius 1 is 1.45 bits per heavy atom. The van der Waals surface area contributed by atoms with Gasteiger partial charge in [0.25, 0.3) is 5.91 Å². The van der Waals surface area contributed by atoms with Crippen LogP contribution in [0.5, 0.6) is 0 Å². The molecular formula is C19H24ClN7OS. The average molecular weight is 434 g/mol. The highest BCUT2D eigenvalue weighted by atomic mass is 35.5. The maximum absolute atomic E-state index is 11.8. The first-order valence-corrected chi connectivity index (χ1v) is 10.8. The third kappa shape index (κ3) is 3.93. The van der Waals surface area contributed by atoms with E-state index in [4.69, 9.17) is 17.3 Å². The van der Waals surface area contributed by atoms with Crippen molar-refractivity contribution in [1.29, 1.82) is 0 Å². The summed E-state index contributed by atoms with van der Waals surface area (Å²) in [5.41, 5.74) is 6.62. The Morgan fingerprint density at radius 3 is 2.93 bits per heavy atom. The second-order valence-electron chi connectivity index (χ2n) is 7.85. The van der Waals surface area contributed by atoms with Gasteiger partial charge in [-0.15, -0.1) is 10.2 Å². The van der Waals surface area contributed by atoms with Gasteiger partial charge in [-0.25, -0.2) is 0 Å². The number of thioether (sulfide) groups is 1. The van der Waals surface area contributed by atoms with Crippen molar-refractivity contribution in [2.75, 3.05) is 18.0 Å². The highest BCUT2D eigenvalue weighted by Gasteiger charge is 2.49. The smallest absolute Gasteiger partial charge is 0.256 e. The summed E-state index contributed by atoms with van der Waals surface area (Å²) in [6, 6.07) is 3.63. The molecular weight excluding hydrogens is 410 g/mol. The first kappa shape index (κ1) is 20.0. The Bertz CT molecular complexity index is 929.